The van der Waals surface area contributed by atoms with Crippen LogP contribution in [0, 0.1) is 11.8 Å². The number of hydrogen-bond donors (Lipinski definition) is 5. The van der Waals surface area contributed by atoms with Crippen molar-refractivity contribution in [3.05, 3.63) is 42.4 Å². The number of H-pyrrole nitrogens is 1. The summed E-state index contributed by atoms with van der Waals surface area (Å²) in [5.74, 6) is -1.20. The highest BCUT2D eigenvalue weighted by Gasteiger charge is 2.28. The maximum Gasteiger partial charge on any atom is 0.243 e. The van der Waals surface area contributed by atoms with Crippen molar-refractivity contribution in [3.63, 3.8) is 0 Å². The van der Waals surface area contributed by atoms with Crippen LogP contribution in [0.5, 0.6) is 0 Å². The predicted octanol–water partition coefficient (Wildman–Crippen LogP) is 1.49. The summed E-state index contributed by atoms with van der Waals surface area (Å²) in [6.45, 7) is 7.77. The number of nitrogens with one attached hydrogen (secondary N) is 3. The lowest BCUT2D eigenvalue weighted by Crippen LogP contribution is -2.56. The molecule has 0 aliphatic carbocycles. The Bertz CT molecular complexity index is 925. The first-order valence-electron chi connectivity index (χ1n) is 11.3. The Morgan fingerprint density at radius 1 is 0.939 bits per heavy atom. The van der Waals surface area contributed by atoms with Crippen molar-refractivity contribution in [1.29, 1.82) is 0 Å². The quantitative estimate of drug-likeness (QED) is 0.327. The van der Waals surface area contributed by atoms with E-state index in [1.807, 2.05) is 58.0 Å². The highest BCUT2D eigenvalue weighted by Crippen LogP contribution is 2.20. The molecule has 2 aromatic rings. The molecule has 0 aliphatic rings. The maximum atomic E-state index is 12.9. The van der Waals surface area contributed by atoms with E-state index in [-0.39, 0.29) is 18.3 Å². The summed E-state index contributed by atoms with van der Waals surface area (Å²) in [4.78, 5) is 44.9. The molecule has 1 aromatic heterocycles. The van der Waals surface area contributed by atoms with Gasteiger partial charge in [0.25, 0.3) is 0 Å². The minimum Gasteiger partial charge on any atom is -0.368 e. The zero-order chi connectivity index (χ0) is 24.5. The first kappa shape index (κ1) is 26.1. The van der Waals surface area contributed by atoms with Gasteiger partial charge in [-0.2, -0.15) is 0 Å². The SMILES string of the molecule is CC(C)C[C@H](NC(=O)[C@H](CC(C)C)NC(=O)[C@@H](N)Cc1[nH]cnc1-c1ccccc1)C(N)=O. The molecule has 0 fully saturated rings. The Morgan fingerprint density at radius 3 is 2.09 bits per heavy atom. The van der Waals surface area contributed by atoms with Crippen LogP contribution >= 0.6 is 0 Å². The molecule has 1 aromatic carbocycles. The largest absolute Gasteiger partial charge is 0.368 e. The maximum absolute atomic E-state index is 12.9. The van der Waals surface area contributed by atoms with Crippen molar-refractivity contribution in [2.75, 3.05) is 0 Å². The van der Waals surface area contributed by atoms with Crippen LogP contribution < -0.4 is 22.1 Å². The lowest BCUT2D eigenvalue weighted by atomic mass is 9.99. The molecule has 0 saturated carbocycles. The van der Waals surface area contributed by atoms with E-state index in [9.17, 15) is 14.4 Å². The summed E-state index contributed by atoms with van der Waals surface area (Å²) in [5.41, 5.74) is 14.0. The average molecular weight is 457 g/mol. The van der Waals surface area contributed by atoms with Gasteiger partial charge in [0.05, 0.1) is 18.1 Å². The number of imidazole rings is 1. The zero-order valence-corrected chi connectivity index (χ0v) is 19.8. The number of carbonyl (C=O) groups is 3. The van der Waals surface area contributed by atoms with Crippen LogP contribution in [-0.4, -0.2) is 45.8 Å². The van der Waals surface area contributed by atoms with Gasteiger partial charge in [0.1, 0.15) is 12.1 Å². The van der Waals surface area contributed by atoms with Gasteiger partial charge in [0.2, 0.25) is 17.7 Å². The van der Waals surface area contributed by atoms with Gasteiger partial charge in [-0.15, -0.1) is 0 Å². The monoisotopic (exact) mass is 456 g/mol. The molecule has 0 bridgehead atoms. The van der Waals surface area contributed by atoms with Crippen molar-refractivity contribution in [3.8, 4) is 11.3 Å². The third kappa shape index (κ3) is 8.02. The number of aromatic amines is 1. The zero-order valence-electron chi connectivity index (χ0n) is 19.8. The van der Waals surface area contributed by atoms with Crippen molar-refractivity contribution >= 4 is 17.7 Å². The molecule has 180 valence electrons. The standard InChI is InChI=1S/C24H36N6O3/c1-14(2)10-19(22(26)31)29-24(33)20(11-15(3)4)30-23(32)17(25)12-18-21(28-13-27-18)16-8-6-5-7-9-16/h5-9,13-15,17,19-20H,10-12,25H2,1-4H3,(H2,26,31)(H,27,28)(H,29,33)(H,30,32)/t17-,19-,20-/m0/s1. The minimum atomic E-state index is -0.891. The number of nitrogens with two attached hydrogens (primary N) is 2. The first-order valence-corrected chi connectivity index (χ1v) is 11.3. The number of aromatic nitrogens is 2. The summed E-state index contributed by atoms with van der Waals surface area (Å²) < 4.78 is 0. The smallest absolute Gasteiger partial charge is 0.243 e. The summed E-state index contributed by atoms with van der Waals surface area (Å²) in [7, 11) is 0. The van der Waals surface area contributed by atoms with Crippen molar-refractivity contribution in [1.82, 2.24) is 20.6 Å². The fraction of sp³-hybridized carbons (Fsp3) is 0.500. The van der Waals surface area contributed by atoms with E-state index < -0.39 is 35.8 Å². The van der Waals surface area contributed by atoms with Crippen molar-refractivity contribution in [2.24, 2.45) is 23.3 Å². The summed E-state index contributed by atoms with van der Waals surface area (Å²) in [6, 6.07) is 7.09. The number of rotatable bonds is 12. The topological polar surface area (TPSA) is 156 Å². The fourth-order valence-electron chi connectivity index (χ4n) is 3.61. The number of hydrogen-bond acceptors (Lipinski definition) is 5. The molecule has 0 radical (unpaired) electrons. The molecule has 3 amide bonds. The van der Waals surface area contributed by atoms with Gasteiger partial charge >= 0.3 is 0 Å². The molecule has 2 rings (SSSR count). The molecule has 0 aliphatic heterocycles. The summed E-state index contributed by atoms with van der Waals surface area (Å²) in [6.07, 6.45) is 2.61. The molecular formula is C24H36N6O3. The molecule has 9 heteroatoms. The van der Waals surface area contributed by atoms with E-state index in [0.29, 0.717) is 12.8 Å². The molecule has 0 unspecified atom stereocenters. The van der Waals surface area contributed by atoms with Crippen LogP contribution in [0.1, 0.15) is 46.2 Å². The van der Waals surface area contributed by atoms with Gasteiger partial charge in [-0.25, -0.2) is 4.98 Å². The van der Waals surface area contributed by atoms with Crippen LogP contribution in [0.25, 0.3) is 11.3 Å². The third-order valence-electron chi connectivity index (χ3n) is 5.23. The van der Waals surface area contributed by atoms with Gasteiger partial charge in [-0.3, -0.25) is 14.4 Å². The lowest BCUT2D eigenvalue weighted by Gasteiger charge is -2.25. The van der Waals surface area contributed by atoms with Crippen LogP contribution in [0.2, 0.25) is 0 Å². The molecule has 1 heterocycles. The van der Waals surface area contributed by atoms with Crippen LogP contribution in [-0.2, 0) is 20.8 Å². The molecule has 7 N–H and O–H groups in total. The lowest BCUT2D eigenvalue weighted by molar-refractivity contribution is -0.132. The average Bonchev–Trinajstić information content (AvgIpc) is 3.20. The number of nitrogens with zero attached hydrogens (tertiary/aromatic N) is 1. The number of primary amides is 1. The fourth-order valence-corrected chi connectivity index (χ4v) is 3.61. The van der Waals surface area contributed by atoms with E-state index in [4.69, 9.17) is 11.5 Å². The second-order valence-electron chi connectivity index (χ2n) is 9.19. The van der Waals surface area contributed by atoms with Gasteiger partial charge < -0.3 is 27.1 Å². The van der Waals surface area contributed by atoms with Gasteiger partial charge in [-0.1, -0.05) is 58.0 Å². The van der Waals surface area contributed by atoms with E-state index in [0.717, 1.165) is 17.0 Å². The van der Waals surface area contributed by atoms with Gasteiger partial charge in [0, 0.05) is 17.7 Å². The van der Waals surface area contributed by atoms with Gasteiger partial charge in [0.15, 0.2) is 0 Å². The molecule has 3 atom stereocenters. The molecule has 9 nitrogen and oxygen atoms in total. The molecule has 33 heavy (non-hydrogen) atoms. The third-order valence-corrected chi connectivity index (χ3v) is 5.23. The Morgan fingerprint density at radius 2 is 1.52 bits per heavy atom. The second kappa shape index (κ2) is 12.2. The van der Waals surface area contributed by atoms with Crippen LogP contribution in [0.4, 0.5) is 0 Å². The highest BCUT2D eigenvalue weighted by atomic mass is 16.2. The molecular weight excluding hydrogens is 420 g/mol. The first-order chi connectivity index (χ1) is 15.6. The number of benzene rings is 1. The summed E-state index contributed by atoms with van der Waals surface area (Å²) in [5, 5.41) is 5.44. The normalized spacial score (nSPS) is 14.0. The highest BCUT2D eigenvalue weighted by molar-refractivity contribution is 5.92. The van der Waals surface area contributed by atoms with Crippen LogP contribution in [0.15, 0.2) is 36.7 Å². The van der Waals surface area contributed by atoms with Crippen molar-refractivity contribution in [2.45, 2.75) is 65.1 Å². The van der Waals surface area contributed by atoms with E-state index in [1.165, 1.54) is 0 Å². The molecule has 0 saturated heterocycles. The van der Waals surface area contributed by atoms with Crippen molar-refractivity contribution < 1.29 is 14.4 Å². The number of amides is 3. The Kier molecular flexibility index (Phi) is 9.59. The Labute approximate surface area is 195 Å². The van der Waals surface area contributed by atoms with E-state index in [1.54, 1.807) is 6.33 Å². The van der Waals surface area contributed by atoms with Crippen LogP contribution in [0.3, 0.4) is 0 Å². The summed E-state index contributed by atoms with van der Waals surface area (Å²) >= 11 is 0. The van der Waals surface area contributed by atoms with E-state index >= 15 is 0 Å². The Balaban J connectivity index is 2.08. The second-order valence-corrected chi connectivity index (χ2v) is 9.19. The van der Waals surface area contributed by atoms with Gasteiger partial charge in [-0.05, 0) is 24.7 Å². The number of carbonyl (C=O) groups excluding carboxylic acids is 3. The predicted molar refractivity (Wildman–Crippen MR) is 128 cm³/mol. The molecule has 0 spiro atoms. The minimum absolute atomic E-state index is 0.131. The Hall–Kier alpha value is -3.20. The van der Waals surface area contributed by atoms with E-state index in [2.05, 4.69) is 20.6 Å².